The smallest absolute Gasteiger partial charge is 0.240 e. The normalized spacial score (nSPS) is 10.7. The third-order valence-corrected chi connectivity index (χ3v) is 1.04. The minimum atomic E-state index is -2.26. The number of hydrogen-bond donors (Lipinski definition) is 0. The van der Waals surface area contributed by atoms with Gasteiger partial charge in [0.2, 0.25) is 6.43 Å². The Kier molecular flexibility index (Phi) is 2.30. The first-order valence-electron chi connectivity index (χ1n) is 2.89. The van der Waals surface area contributed by atoms with Crippen molar-refractivity contribution in [3.63, 3.8) is 0 Å². The summed E-state index contributed by atoms with van der Waals surface area (Å²) in [5.41, 5.74) is 0. The molecular formula is C5H7F2N3. The Hall–Kier alpha value is -1.00. The predicted octanol–water partition coefficient (Wildman–Crippen LogP) is 0.933. The summed E-state index contributed by atoms with van der Waals surface area (Å²) in [6.45, 7) is 0.234. The highest BCUT2D eigenvalue weighted by Gasteiger charge is 2.01. The number of hydrogen-bond acceptors (Lipinski definition) is 2. The monoisotopic (exact) mass is 147 g/mol. The van der Waals surface area contributed by atoms with Crippen LogP contribution in [-0.4, -0.2) is 21.2 Å². The van der Waals surface area contributed by atoms with Crippen molar-refractivity contribution in [2.24, 2.45) is 0 Å². The van der Waals surface area contributed by atoms with Crippen molar-refractivity contribution >= 4 is 0 Å². The summed E-state index contributed by atoms with van der Waals surface area (Å²) in [7, 11) is 0. The van der Waals surface area contributed by atoms with Crippen LogP contribution in [0.15, 0.2) is 12.7 Å². The number of halogens is 2. The minimum Gasteiger partial charge on any atom is -0.253 e. The summed E-state index contributed by atoms with van der Waals surface area (Å²) in [6.07, 6.45) is 0.321. The second-order valence-corrected chi connectivity index (χ2v) is 1.84. The molecule has 0 unspecified atom stereocenters. The van der Waals surface area contributed by atoms with E-state index in [1.807, 2.05) is 0 Å². The maximum atomic E-state index is 11.6. The highest BCUT2D eigenvalue weighted by Crippen LogP contribution is 1.99. The molecule has 1 heterocycles. The van der Waals surface area contributed by atoms with E-state index < -0.39 is 6.43 Å². The zero-order valence-corrected chi connectivity index (χ0v) is 5.24. The molecule has 1 aromatic heterocycles. The van der Waals surface area contributed by atoms with Crippen LogP contribution in [0.3, 0.4) is 0 Å². The molecule has 0 spiro atoms. The van der Waals surface area contributed by atoms with Crippen LogP contribution in [0, 0.1) is 0 Å². The fourth-order valence-electron chi connectivity index (χ4n) is 0.578. The lowest BCUT2D eigenvalue weighted by Crippen LogP contribution is -2.02. The number of aryl methyl sites for hydroxylation is 1. The third-order valence-electron chi connectivity index (χ3n) is 1.04. The van der Waals surface area contributed by atoms with Crippen molar-refractivity contribution in [2.45, 2.75) is 19.4 Å². The molecule has 0 aliphatic carbocycles. The molecule has 0 aliphatic rings. The molecule has 0 saturated carbocycles. The predicted molar refractivity (Wildman–Crippen MR) is 30.6 cm³/mol. The van der Waals surface area contributed by atoms with E-state index in [-0.39, 0.29) is 13.0 Å². The molecule has 0 aromatic carbocycles. The van der Waals surface area contributed by atoms with Crippen LogP contribution in [0.4, 0.5) is 8.78 Å². The van der Waals surface area contributed by atoms with E-state index in [2.05, 4.69) is 10.1 Å². The van der Waals surface area contributed by atoms with Crippen molar-refractivity contribution in [2.75, 3.05) is 0 Å². The van der Waals surface area contributed by atoms with Crippen LogP contribution in [0.25, 0.3) is 0 Å². The lowest BCUT2D eigenvalue weighted by atomic mass is 10.4. The maximum Gasteiger partial charge on any atom is 0.240 e. The Balaban J connectivity index is 2.28. The van der Waals surface area contributed by atoms with Gasteiger partial charge in [-0.3, -0.25) is 4.68 Å². The van der Waals surface area contributed by atoms with Crippen LogP contribution < -0.4 is 0 Å². The molecule has 0 saturated heterocycles. The van der Waals surface area contributed by atoms with Gasteiger partial charge in [-0.1, -0.05) is 0 Å². The summed E-state index contributed by atoms with van der Waals surface area (Å²) in [5, 5.41) is 3.66. The lowest BCUT2D eigenvalue weighted by Gasteiger charge is -1.97. The van der Waals surface area contributed by atoms with Crippen molar-refractivity contribution in [3.05, 3.63) is 12.7 Å². The van der Waals surface area contributed by atoms with Crippen LogP contribution in [-0.2, 0) is 6.54 Å². The molecular weight excluding hydrogens is 140 g/mol. The van der Waals surface area contributed by atoms with Gasteiger partial charge in [-0.2, -0.15) is 5.10 Å². The Morgan fingerprint density at radius 3 is 2.80 bits per heavy atom. The minimum absolute atomic E-state index is 0.163. The molecule has 0 radical (unpaired) electrons. The molecule has 0 fully saturated rings. The zero-order chi connectivity index (χ0) is 7.40. The average molecular weight is 147 g/mol. The van der Waals surface area contributed by atoms with Gasteiger partial charge in [0.25, 0.3) is 0 Å². The van der Waals surface area contributed by atoms with Gasteiger partial charge in [-0.25, -0.2) is 13.8 Å². The molecule has 1 rings (SSSR count). The first kappa shape index (κ1) is 7.11. The molecule has 3 nitrogen and oxygen atoms in total. The zero-order valence-electron chi connectivity index (χ0n) is 5.24. The topological polar surface area (TPSA) is 30.7 Å². The van der Waals surface area contributed by atoms with E-state index in [1.54, 1.807) is 0 Å². The van der Waals surface area contributed by atoms with E-state index in [4.69, 9.17) is 0 Å². The van der Waals surface area contributed by atoms with E-state index >= 15 is 0 Å². The number of aromatic nitrogens is 3. The van der Waals surface area contributed by atoms with Gasteiger partial charge in [-0.15, -0.1) is 0 Å². The Bertz CT molecular complexity index is 173. The average Bonchev–Trinajstić information content (AvgIpc) is 2.34. The standard InChI is InChI=1S/C5H7F2N3/c6-5(7)1-2-10-4-8-3-9-10/h3-5H,1-2H2. The molecule has 0 aliphatic heterocycles. The molecule has 10 heavy (non-hydrogen) atoms. The number of nitrogens with zero attached hydrogens (tertiary/aromatic N) is 3. The van der Waals surface area contributed by atoms with E-state index in [1.165, 1.54) is 17.3 Å². The summed E-state index contributed by atoms with van der Waals surface area (Å²) in [4.78, 5) is 3.61. The van der Waals surface area contributed by atoms with E-state index in [0.717, 1.165) is 0 Å². The third kappa shape index (κ3) is 2.08. The van der Waals surface area contributed by atoms with Crippen molar-refractivity contribution < 1.29 is 8.78 Å². The fourth-order valence-corrected chi connectivity index (χ4v) is 0.578. The fraction of sp³-hybridized carbons (Fsp3) is 0.600. The number of rotatable bonds is 3. The summed E-state index contributed by atoms with van der Waals surface area (Å²) >= 11 is 0. The van der Waals surface area contributed by atoms with Gasteiger partial charge in [0.05, 0.1) is 0 Å². The SMILES string of the molecule is FC(F)CCn1cncn1. The Morgan fingerprint density at radius 1 is 1.50 bits per heavy atom. The van der Waals surface area contributed by atoms with Gasteiger partial charge in [0, 0.05) is 13.0 Å². The molecule has 1 aromatic rings. The molecule has 0 amide bonds. The molecule has 0 bridgehead atoms. The van der Waals surface area contributed by atoms with Gasteiger partial charge in [0.15, 0.2) is 0 Å². The van der Waals surface area contributed by atoms with Gasteiger partial charge >= 0.3 is 0 Å². The summed E-state index contributed by atoms with van der Waals surface area (Å²) in [6, 6.07) is 0. The van der Waals surface area contributed by atoms with Crippen LogP contribution >= 0.6 is 0 Å². The van der Waals surface area contributed by atoms with Gasteiger partial charge < -0.3 is 0 Å². The summed E-state index contributed by atoms with van der Waals surface area (Å²) < 4.78 is 24.5. The van der Waals surface area contributed by atoms with Crippen molar-refractivity contribution in [1.82, 2.24) is 14.8 Å². The van der Waals surface area contributed by atoms with E-state index in [9.17, 15) is 8.78 Å². The maximum absolute atomic E-state index is 11.6. The van der Waals surface area contributed by atoms with E-state index in [0.29, 0.717) is 0 Å². The van der Waals surface area contributed by atoms with Gasteiger partial charge in [-0.05, 0) is 0 Å². The highest BCUT2D eigenvalue weighted by atomic mass is 19.3. The number of alkyl halides is 2. The highest BCUT2D eigenvalue weighted by molar-refractivity contribution is 4.55. The first-order valence-corrected chi connectivity index (χ1v) is 2.89. The Labute approximate surface area is 56.7 Å². The largest absolute Gasteiger partial charge is 0.253 e. The second-order valence-electron chi connectivity index (χ2n) is 1.84. The quantitative estimate of drug-likeness (QED) is 0.636. The Morgan fingerprint density at radius 2 is 2.30 bits per heavy atom. The van der Waals surface area contributed by atoms with Crippen LogP contribution in [0.5, 0.6) is 0 Å². The molecule has 0 atom stereocenters. The van der Waals surface area contributed by atoms with Gasteiger partial charge in [0.1, 0.15) is 12.7 Å². The molecule has 56 valence electrons. The molecule has 0 N–H and O–H groups in total. The molecule has 5 heteroatoms. The van der Waals surface area contributed by atoms with Crippen molar-refractivity contribution in [1.29, 1.82) is 0 Å². The first-order chi connectivity index (χ1) is 4.79. The second kappa shape index (κ2) is 3.24. The van der Waals surface area contributed by atoms with Crippen LogP contribution in [0.2, 0.25) is 0 Å². The van der Waals surface area contributed by atoms with Crippen molar-refractivity contribution in [3.8, 4) is 0 Å². The summed E-state index contributed by atoms with van der Waals surface area (Å²) in [5.74, 6) is 0. The van der Waals surface area contributed by atoms with Crippen LogP contribution in [0.1, 0.15) is 6.42 Å². The lowest BCUT2D eigenvalue weighted by molar-refractivity contribution is 0.130.